The minimum absolute atomic E-state index is 0.384. The fraction of sp³-hybridized carbons (Fsp3) is 0.733. The van der Waals surface area contributed by atoms with Gasteiger partial charge in [0.1, 0.15) is 5.76 Å². The molecule has 1 aromatic rings. The molecule has 0 unspecified atom stereocenters. The summed E-state index contributed by atoms with van der Waals surface area (Å²) in [6.45, 7) is 2.96. The maximum atomic E-state index is 6.06. The Balaban J connectivity index is 1.66. The summed E-state index contributed by atoms with van der Waals surface area (Å²) in [6, 6.07) is 4.84. The molecule has 0 bridgehead atoms. The van der Waals surface area contributed by atoms with Crippen LogP contribution < -0.4 is 5.73 Å². The van der Waals surface area contributed by atoms with Crippen LogP contribution in [0, 0.1) is 5.41 Å². The molecule has 2 N–H and O–H groups in total. The number of furan rings is 1. The third-order valence-corrected chi connectivity index (χ3v) is 4.64. The third-order valence-electron chi connectivity index (χ3n) is 4.64. The minimum atomic E-state index is 0.384. The van der Waals surface area contributed by atoms with Crippen molar-refractivity contribution >= 4 is 0 Å². The van der Waals surface area contributed by atoms with Crippen molar-refractivity contribution in [2.45, 2.75) is 51.1 Å². The van der Waals surface area contributed by atoms with E-state index in [1.54, 1.807) is 6.26 Å². The topological polar surface area (TPSA) is 42.4 Å². The highest BCUT2D eigenvalue weighted by molar-refractivity contribution is 5.01. The first-order chi connectivity index (χ1) is 8.81. The van der Waals surface area contributed by atoms with Gasteiger partial charge in [0.25, 0.3) is 0 Å². The Labute approximate surface area is 109 Å². The van der Waals surface area contributed by atoms with Crippen LogP contribution >= 0.6 is 0 Å². The average molecular weight is 248 g/mol. The van der Waals surface area contributed by atoms with E-state index in [1.807, 2.05) is 6.07 Å². The molecule has 1 heterocycles. The van der Waals surface area contributed by atoms with Crippen molar-refractivity contribution in [2.24, 2.45) is 11.1 Å². The van der Waals surface area contributed by atoms with Crippen LogP contribution in [0.15, 0.2) is 22.8 Å². The fourth-order valence-corrected chi connectivity index (χ4v) is 3.34. The van der Waals surface area contributed by atoms with Crippen LogP contribution in [-0.4, -0.2) is 24.0 Å². The molecule has 3 nitrogen and oxygen atoms in total. The Morgan fingerprint density at radius 3 is 2.67 bits per heavy atom. The van der Waals surface area contributed by atoms with Gasteiger partial charge in [-0.1, -0.05) is 12.8 Å². The maximum absolute atomic E-state index is 6.06. The lowest BCUT2D eigenvalue weighted by molar-refractivity contribution is 0.136. The molecule has 2 aliphatic rings. The van der Waals surface area contributed by atoms with Gasteiger partial charge in [0.2, 0.25) is 0 Å². The van der Waals surface area contributed by atoms with E-state index in [0.717, 1.165) is 31.4 Å². The molecule has 1 aromatic heterocycles. The van der Waals surface area contributed by atoms with Crippen LogP contribution in [-0.2, 0) is 6.54 Å². The standard InChI is InChI=1S/C15H24N2O/c16-11-15(7-1-2-8-15)12-17(13-5-6-13)10-14-4-3-9-18-14/h3-4,9,13H,1-2,5-8,10-12,16H2. The molecule has 0 atom stereocenters. The molecular weight excluding hydrogens is 224 g/mol. The van der Waals surface area contributed by atoms with Gasteiger partial charge >= 0.3 is 0 Å². The highest BCUT2D eigenvalue weighted by Gasteiger charge is 2.38. The first-order valence-electron chi connectivity index (χ1n) is 7.28. The predicted octanol–water partition coefficient (Wildman–Crippen LogP) is 2.76. The van der Waals surface area contributed by atoms with Crippen molar-refractivity contribution in [3.8, 4) is 0 Å². The van der Waals surface area contributed by atoms with Gasteiger partial charge in [-0.05, 0) is 49.8 Å². The van der Waals surface area contributed by atoms with Crippen molar-refractivity contribution in [1.29, 1.82) is 0 Å². The average Bonchev–Trinajstić information content (AvgIpc) is 2.92. The van der Waals surface area contributed by atoms with Gasteiger partial charge in [-0.15, -0.1) is 0 Å². The number of nitrogens with zero attached hydrogens (tertiary/aromatic N) is 1. The fourth-order valence-electron chi connectivity index (χ4n) is 3.34. The summed E-state index contributed by atoms with van der Waals surface area (Å²) in [5.74, 6) is 1.09. The van der Waals surface area contributed by atoms with Crippen molar-refractivity contribution in [2.75, 3.05) is 13.1 Å². The van der Waals surface area contributed by atoms with Gasteiger partial charge in [-0.2, -0.15) is 0 Å². The molecular formula is C15H24N2O. The molecule has 100 valence electrons. The summed E-state index contributed by atoms with van der Waals surface area (Å²) in [6.07, 6.45) is 9.81. The van der Waals surface area contributed by atoms with E-state index in [-0.39, 0.29) is 0 Å². The summed E-state index contributed by atoms with van der Waals surface area (Å²) < 4.78 is 5.50. The van der Waals surface area contributed by atoms with E-state index in [4.69, 9.17) is 10.2 Å². The summed E-state index contributed by atoms with van der Waals surface area (Å²) >= 11 is 0. The number of hydrogen-bond acceptors (Lipinski definition) is 3. The van der Waals surface area contributed by atoms with E-state index in [9.17, 15) is 0 Å². The first kappa shape index (κ1) is 12.2. The van der Waals surface area contributed by atoms with E-state index in [2.05, 4.69) is 11.0 Å². The number of rotatable bonds is 6. The lowest BCUT2D eigenvalue weighted by Crippen LogP contribution is -2.41. The molecule has 2 aliphatic carbocycles. The normalized spacial score (nSPS) is 22.8. The van der Waals surface area contributed by atoms with Gasteiger partial charge in [-0.3, -0.25) is 4.90 Å². The number of nitrogens with two attached hydrogens (primary N) is 1. The van der Waals surface area contributed by atoms with Gasteiger partial charge in [0, 0.05) is 12.6 Å². The second-order valence-corrected chi connectivity index (χ2v) is 6.13. The van der Waals surface area contributed by atoms with Gasteiger partial charge in [0.05, 0.1) is 12.8 Å². The van der Waals surface area contributed by atoms with E-state index < -0.39 is 0 Å². The Hall–Kier alpha value is -0.800. The van der Waals surface area contributed by atoms with E-state index in [0.29, 0.717) is 5.41 Å². The molecule has 0 amide bonds. The van der Waals surface area contributed by atoms with Crippen molar-refractivity contribution in [1.82, 2.24) is 4.90 Å². The van der Waals surface area contributed by atoms with Crippen molar-refractivity contribution in [3.05, 3.63) is 24.2 Å². The smallest absolute Gasteiger partial charge is 0.117 e. The molecule has 0 saturated heterocycles. The quantitative estimate of drug-likeness (QED) is 0.841. The zero-order chi connectivity index (χ0) is 12.4. The van der Waals surface area contributed by atoms with E-state index in [1.165, 1.54) is 38.5 Å². The Kier molecular flexibility index (Phi) is 3.44. The third kappa shape index (κ3) is 2.62. The van der Waals surface area contributed by atoms with Crippen LogP contribution in [0.3, 0.4) is 0 Å². The van der Waals surface area contributed by atoms with Gasteiger partial charge < -0.3 is 10.2 Å². The summed E-state index contributed by atoms with van der Waals surface area (Å²) in [4.78, 5) is 2.61. The predicted molar refractivity (Wildman–Crippen MR) is 72.1 cm³/mol. The molecule has 0 aromatic carbocycles. The van der Waals surface area contributed by atoms with Crippen molar-refractivity contribution < 1.29 is 4.42 Å². The highest BCUT2D eigenvalue weighted by Crippen LogP contribution is 2.40. The molecule has 2 saturated carbocycles. The molecule has 2 fully saturated rings. The van der Waals surface area contributed by atoms with E-state index >= 15 is 0 Å². The maximum Gasteiger partial charge on any atom is 0.117 e. The number of hydrogen-bond donors (Lipinski definition) is 1. The Morgan fingerprint density at radius 2 is 2.11 bits per heavy atom. The van der Waals surface area contributed by atoms with Gasteiger partial charge in [0.15, 0.2) is 0 Å². The summed E-state index contributed by atoms with van der Waals surface area (Å²) in [5.41, 5.74) is 6.45. The first-order valence-corrected chi connectivity index (χ1v) is 7.28. The lowest BCUT2D eigenvalue weighted by Gasteiger charge is -2.34. The molecule has 18 heavy (non-hydrogen) atoms. The van der Waals surface area contributed by atoms with Crippen LogP contribution in [0.5, 0.6) is 0 Å². The molecule has 3 heteroatoms. The molecule has 0 aliphatic heterocycles. The molecule has 3 rings (SSSR count). The van der Waals surface area contributed by atoms with Gasteiger partial charge in [-0.25, -0.2) is 0 Å². The SMILES string of the molecule is NCC1(CN(Cc2ccco2)C2CC2)CCCC1. The summed E-state index contributed by atoms with van der Waals surface area (Å²) in [7, 11) is 0. The molecule has 0 spiro atoms. The van der Waals surface area contributed by atoms with Crippen LogP contribution in [0.1, 0.15) is 44.3 Å². The zero-order valence-corrected chi connectivity index (χ0v) is 11.1. The summed E-state index contributed by atoms with van der Waals surface area (Å²) in [5, 5.41) is 0. The Morgan fingerprint density at radius 1 is 1.33 bits per heavy atom. The highest BCUT2D eigenvalue weighted by atomic mass is 16.3. The van der Waals surface area contributed by atoms with Crippen LogP contribution in [0.4, 0.5) is 0 Å². The largest absolute Gasteiger partial charge is 0.468 e. The second-order valence-electron chi connectivity index (χ2n) is 6.13. The van der Waals surface area contributed by atoms with Crippen LogP contribution in [0.25, 0.3) is 0 Å². The lowest BCUT2D eigenvalue weighted by atomic mass is 9.85. The Bertz CT molecular complexity index is 364. The van der Waals surface area contributed by atoms with Crippen LogP contribution in [0.2, 0.25) is 0 Å². The second kappa shape index (κ2) is 5.06. The molecule has 0 radical (unpaired) electrons. The van der Waals surface area contributed by atoms with Crippen molar-refractivity contribution in [3.63, 3.8) is 0 Å². The minimum Gasteiger partial charge on any atom is -0.468 e. The monoisotopic (exact) mass is 248 g/mol. The zero-order valence-electron chi connectivity index (χ0n) is 11.1.